The summed E-state index contributed by atoms with van der Waals surface area (Å²) >= 11 is 0. The largest absolute Gasteiger partial charge is 0.396 e. The van der Waals surface area contributed by atoms with Gasteiger partial charge in [0, 0.05) is 24.9 Å². The van der Waals surface area contributed by atoms with Gasteiger partial charge in [-0.2, -0.15) is 0 Å². The molecule has 1 heterocycles. The van der Waals surface area contributed by atoms with Gasteiger partial charge in [0.25, 0.3) is 0 Å². The van der Waals surface area contributed by atoms with Crippen molar-refractivity contribution < 1.29 is 19.4 Å². The predicted octanol–water partition coefficient (Wildman–Crippen LogP) is 1.86. The number of fused-ring (bicyclic) bond motifs is 1. The number of rotatable bonds is 5. The molecular formula is C16H24O4. The van der Waals surface area contributed by atoms with Gasteiger partial charge < -0.3 is 14.6 Å². The van der Waals surface area contributed by atoms with E-state index in [1.165, 1.54) is 5.57 Å². The molecule has 1 saturated heterocycles. The van der Waals surface area contributed by atoms with Crippen LogP contribution in [0.15, 0.2) is 11.6 Å². The Kier molecular flexibility index (Phi) is 2.96. The molecule has 4 nitrogen and oxygen atoms in total. The van der Waals surface area contributed by atoms with E-state index in [-0.39, 0.29) is 30.0 Å². The van der Waals surface area contributed by atoms with E-state index < -0.39 is 11.0 Å². The van der Waals surface area contributed by atoms with Gasteiger partial charge in [0.05, 0.1) is 18.3 Å². The van der Waals surface area contributed by atoms with Gasteiger partial charge in [-0.3, -0.25) is 4.79 Å². The minimum atomic E-state index is -0.795. The third-order valence-electron chi connectivity index (χ3n) is 5.72. The van der Waals surface area contributed by atoms with E-state index in [9.17, 15) is 9.90 Å². The highest BCUT2D eigenvalue weighted by atomic mass is 16.6. The number of aliphatic hydroxyl groups is 1. The molecule has 5 atom stereocenters. The molecule has 2 saturated carbocycles. The molecule has 0 amide bonds. The van der Waals surface area contributed by atoms with Crippen molar-refractivity contribution in [3.8, 4) is 0 Å². The first kappa shape index (κ1) is 14.2. The standard InChI is InChI=1S/C16H24O4/c1-10(2)5-6-12-14(3,20-12)13-15(9-17)8-7-11(18)16(13,15)19-4/h5,12-13,17H,6-9H2,1-4H3/t12-,13?,14+,15-,16+/m1/s1. The summed E-state index contributed by atoms with van der Waals surface area (Å²) in [6.45, 7) is 6.21. The summed E-state index contributed by atoms with van der Waals surface area (Å²) in [6.07, 6.45) is 4.40. The molecule has 0 bridgehead atoms. The van der Waals surface area contributed by atoms with Crippen LogP contribution in [0.1, 0.15) is 40.0 Å². The molecule has 3 rings (SSSR count). The third-order valence-corrected chi connectivity index (χ3v) is 5.72. The summed E-state index contributed by atoms with van der Waals surface area (Å²) in [4.78, 5) is 12.3. The van der Waals surface area contributed by atoms with E-state index in [1.54, 1.807) is 7.11 Å². The van der Waals surface area contributed by atoms with Crippen molar-refractivity contribution in [3.05, 3.63) is 11.6 Å². The smallest absolute Gasteiger partial charge is 0.165 e. The summed E-state index contributed by atoms with van der Waals surface area (Å²) in [5.41, 5.74) is -0.266. The zero-order valence-electron chi connectivity index (χ0n) is 12.7. The molecule has 0 aromatic rings. The lowest BCUT2D eigenvalue weighted by atomic mass is 9.88. The Morgan fingerprint density at radius 3 is 2.75 bits per heavy atom. The first-order valence-electron chi connectivity index (χ1n) is 7.39. The number of hydrogen-bond donors (Lipinski definition) is 1. The normalized spacial score (nSPS) is 49.0. The predicted molar refractivity (Wildman–Crippen MR) is 74.3 cm³/mol. The third kappa shape index (κ3) is 1.45. The number of ketones is 1. The zero-order chi connectivity index (χ0) is 14.8. The molecule has 1 aliphatic heterocycles. The van der Waals surface area contributed by atoms with Crippen molar-refractivity contribution in [3.63, 3.8) is 0 Å². The number of ether oxygens (including phenoxy) is 2. The van der Waals surface area contributed by atoms with Gasteiger partial charge in [0.1, 0.15) is 5.60 Å². The monoisotopic (exact) mass is 280 g/mol. The Bertz CT molecular complexity index is 481. The van der Waals surface area contributed by atoms with Crippen LogP contribution in [-0.4, -0.2) is 41.9 Å². The Labute approximate surface area is 120 Å². The highest BCUT2D eigenvalue weighted by Gasteiger charge is 2.90. The number of hydrogen-bond acceptors (Lipinski definition) is 4. The Morgan fingerprint density at radius 1 is 1.55 bits per heavy atom. The molecule has 112 valence electrons. The Morgan fingerprint density at radius 2 is 2.25 bits per heavy atom. The quantitative estimate of drug-likeness (QED) is 0.617. The second kappa shape index (κ2) is 4.15. The average molecular weight is 280 g/mol. The van der Waals surface area contributed by atoms with Gasteiger partial charge in [-0.15, -0.1) is 0 Å². The van der Waals surface area contributed by atoms with Crippen LogP contribution in [-0.2, 0) is 14.3 Å². The van der Waals surface area contributed by atoms with Gasteiger partial charge in [-0.1, -0.05) is 11.6 Å². The molecule has 3 fully saturated rings. The second-order valence-electron chi connectivity index (χ2n) is 6.92. The van der Waals surface area contributed by atoms with Crippen LogP contribution in [0.5, 0.6) is 0 Å². The summed E-state index contributed by atoms with van der Waals surface area (Å²) in [7, 11) is 1.59. The number of allylic oxidation sites excluding steroid dienone is 1. The molecule has 0 aromatic heterocycles. The van der Waals surface area contributed by atoms with Gasteiger partial charge in [0.2, 0.25) is 0 Å². The van der Waals surface area contributed by atoms with E-state index >= 15 is 0 Å². The maximum absolute atomic E-state index is 12.3. The summed E-state index contributed by atoms with van der Waals surface area (Å²) < 4.78 is 11.6. The maximum atomic E-state index is 12.3. The number of carbonyl (C=O) groups is 1. The van der Waals surface area contributed by atoms with Crippen molar-refractivity contribution in [2.24, 2.45) is 11.3 Å². The van der Waals surface area contributed by atoms with Crippen LogP contribution in [0.2, 0.25) is 0 Å². The summed E-state index contributed by atoms with van der Waals surface area (Å²) in [5, 5.41) is 9.85. The molecule has 0 radical (unpaired) electrons. The number of methoxy groups -OCH3 is 1. The molecular weight excluding hydrogens is 256 g/mol. The molecule has 1 unspecified atom stereocenters. The van der Waals surface area contributed by atoms with Crippen molar-refractivity contribution >= 4 is 5.78 Å². The van der Waals surface area contributed by atoms with Crippen LogP contribution in [0.25, 0.3) is 0 Å². The SMILES string of the molecule is CO[C@]12C(=O)CC[C@@]1(CO)C2[C@@]1(C)O[C@@H]1CC=C(C)C. The van der Waals surface area contributed by atoms with Crippen molar-refractivity contribution in [1.82, 2.24) is 0 Å². The topological polar surface area (TPSA) is 59.1 Å². The average Bonchev–Trinajstić information content (AvgIpc) is 3.22. The fraction of sp³-hybridized carbons (Fsp3) is 0.812. The molecule has 4 heteroatoms. The van der Waals surface area contributed by atoms with E-state index in [4.69, 9.17) is 9.47 Å². The molecule has 0 aromatic carbocycles. The fourth-order valence-electron chi connectivity index (χ4n) is 4.68. The summed E-state index contributed by atoms with van der Waals surface area (Å²) in [5.74, 6) is 0.131. The first-order valence-corrected chi connectivity index (χ1v) is 7.39. The molecule has 1 N–H and O–H groups in total. The fourth-order valence-corrected chi connectivity index (χ4v) is 4.68. The molecule has 0 spiro atoms. The van der Waals surface area contributed by atoms with Crippen LogP contribution >= 0.6 is 0 Å². The van der Waals surface area contributed by atoms with Crippen LogP contribution < -0.4 is 0 Å². The highest BCUT2D eigenvalue weighted by Crippen LogP contribution is 2.78. The number of Topliss-reactive ketones (excluding diaryl/α,β-unsaturated/α-hetero) is 1. The van der Waals surface area contributed by atoms with Crippen LogP contribution in [0.3, 0.4) is 0 Å². The lowest BCUT2D eigenvalue weighted by Gasteiger charge is -2.14. The molecule has 2 aliphatic carbocycles. The van der Waals surface area contributed by atoms with Crippen molar-refractivity contribution in [2.75, 3.05) is 13.7 Å². The highest BCUT2D eigenvalue weighted by molar-refractivity contribution is 5.96. The van der Waals surface area contributed by atoms with E-state index in [0.29, 0.717) is 6.42 Å². The lowest BCUT2D eigenvalue weighted by Crippen LogP contribution is -2.31. The minimum Gasteiger partial charge on any atom is -0.396 e. The maximum Gasteiger partial charge on any atom is 0.165 e. The van der Waals surface area contributed by atoms with Gasteiger partial charge >= 0.3 is 0 Å². The van der Waals surface area contributed by atoms with E-state index in [1.807, 2.05) is 0 Å². The number of epoxide rings is 1. The second-order valence-corrected chi connectivity index (χ2v) is 6.92. The Hall–Kier alpha value is -0.710. The first-order chi connectivity index (χ1) is 9.39. The Balaban J connectivity index is 1.83. The molecule has 3 aliphatic rings. The van der Waals surface area contributed by atoms with E-state index in [0.717, 1.165) is 12.8 Å². The van der Waals surface area contributed by atoms with Crippen LogP contribution in [0, 0.1) is 11.3 Å². The minimum absolute atomic E-state index is 0.00527. The van der Waals surface area contributed by atoms with Gasteiger partial charge in [-0.05, 0) is 33.6 Å². The number of aliphatic hydroxyl groups excluding tert-OH is 1. The van der Waals surface area contributed by atoms with Gasteiger partial charge in [-0.25, -0.2) is 0 Å². The van der Waals surface area contributed by atoms with Crippen molar-refractivity contribution in [2.45, 2.75) is 57.3 Å². The summed E-state index contributed by atoms with van der Waals surface area (Å²) in [6, 6.07) is 0. The van der Waals surface area contributed by atoms with E-state index in [2.05, 4.69) is 26.8 Å². The molecule has 20 heavy (non-hydrogen) atoms. The van der Waals surface area contributed by atoms with Crippen molar-refractivity contribution in [1.29, 1.82) is 0 Å². The van der Waals surface area contributed by atoms with Crippen LogP contribution in [0.4, 0.5) is 0 Å². The van der Waals surface area contributed by atoms with Gasteiger partial charge in [0.15, 0.2) is 5.78 Å². The lowest BCUT2D eigenvalue weighted by molar-refractivity contribution is -0.132. The number of carbonyl (C=O) groups excluding carboxylic acids is 1. The zero-order valence-corrected chi connectivity index (χ0v) is 12.7.